The van der Waals surface area contributed by atoms with Gasteiger partial charge < -0.3 is 4.74 Å². The fourth-order valence-electron chi connectivity index (χ4n) is 2.45. The van der Waals surface area contributed by atoms with Crippen molar-refractivity contribution in [1.82, 2.24) is 14.4 Å². The first-order valence-corrected chi connectivity index (χ1v) is 8.76. The van der Waals surface area contributed by atoms with Crippen LogP contribution in [0, 0.1) is 30.3 Å². The molecule has 0 aliphatic rings. The number of aromatic nitrogens is 3. The summed E-state index contributed by atoms with van der Waals surface area (Å²) in [7, 11) is 1.52. The van der Waals surface area contributed by atoms with E-state index in [4.69, 9.17) is 4.74 Å². The summed E-state index contributed by atoms with van der Waals surface area (Å²) in [5.74, 6) is 0.641. The van der Waals surface area contributed by atoms with Crippen LogP contribution in [0.2, 0.25) is 0 Å². The first kappa shape index (κ1) is 20.5. The maximum Gasteiger partial charge on any atom is 0.308 e. The van der Waals surface area contributed by atoms with Gasteiger partial charge in [0.2, 0.25) is 10.5 Å². The number of nitro groups is 3. The lowest BCUT2D eigenvalue weighted by molar-refractivity contribution is -0.402. The van der Waals surface area contributed by atoms with Crippen molar-refractivity contribution in [3.63, 3.8) is 0 Å². The Morgan fingerprint density at radius 2 is 1.63 bits per heavy atom. The molecule has 0 atom stereocenters. The minimum absolute atomic E-state index is 0.0332. The van der Waals surface area contributed by atoms with Crippen molar-refractivity contribution in [3.8, 4) is 5.75 Å². The molecular weight excluding hydrogens is 422 g/mol. The van der Waals surface area contributed by atoms with Crippen LogP contribution in [0.15, 0.2) is 41.4 Å². The normalized spacial score (nSPS) is 11.3. The van der Waals surface area contributed by atoms with Gasteiger partial charge >= 0.3 is 11.4 Å². The predicted octanol–water partition coefficient (Wildman–Crippen LogP) is 2.35. The average Bonchev–Trinajstić information content (AvgIpc) is 3.14. The fourth-order valence-corrected chi connectivity index (χ4v) is 2.97. The topological polar surface area (TPSA) is 182 Å². The minimum atomic E-state index is -0.971. The molecule has 0 aliphatic carbocycles. The molecule has 0 bridgehead atoms. The van der Waals surface area contributed by atoms with Crippen LogP contribution >= 0.6 is 11.5 Å². The first-order valence-electron chi connectivity index (χ1n) is 7.98. The van der Waals surface area contributed by atoms with Crippen molar-refractivity contribution in [3.05, 3.63) is 77.1 Å². The summed E-state index contributed by atoms with van der Waals surface area (Å²) in [4.78, 5) is 34.9. The summed E-state index contributed by atoms with van der Waals surface area (Å²) >= 11 is 0.754. The molecule has 0 aliphatic heterocycles. The highest BCUT2D eigenvalue weighted by Gasteiger charge is 2.30. The number of benzene rings is 2. The minimum Gasteiger partial charge on any atom is -0.497 e. The second-order valence-corrected chi connectivity index (χ2v) is 6.38. The van der Waals surface area contributed by atoms with Gasteiger partial charge in [0.05, 0.1) is 40.6 Å². The fraction of sp³-hybridized carbons (Fsp3) is 0.133. The average molecular weight is 433 g/mol. The van der Waals surface area contributed by atoms with Gasteiger partial charge in [-0.15, -0.1) is 0 Å². The number of hydrogen-bond acceptors (Lipinski definition) is 11. The second kappa shape index (κ2) is 8.39. The number of nitro benzene ring substituents is 3. The highest BCUT2D eigenvalue weighted by Crippen LogP contribution is 2.40. The van der Waals surface area contributed by atoms with Gasteiger partial charge in [-0.05, 0) is 17.7 Å². The molecule has 0 N–H and O–H groups in total. The van der Waals surface area contributed by atoms with E-state index in [1.165, 1.54) is 11.8 Å². The molecule has 3 rings (SSSR count). The summed E-state index contributed by atoms with van der Waals surface area (Å²) < 4.78 is 10.1. The standard InChI is InChI=1S/C15H11N7O7S/c1-29-11-4-2-9(3-5-11)8-19-15(30-18-17-19)16-14-12(21(25)26)6-10(20(23)24)7-13(14)22(27)28/h2-7H,8H2,1H3. The van der Waals surface area contributed by atoms with Crippen LogP contribution in [0.5, 0.6) is 5.75 Å². The zero-order valence-electron chi connectivity index (χ0n) is 15.1. The number of rotatable bonds is 7. The number of methoxy groups -OCH3 is 1. The van der Waals surface area contributed by atoms with E-state index in [0.29, 0.717) is 17.9 Å². The Morgan fingerprint density at radius 1 is 1.03 bits per heavy atom. The van der Waals surface area contributed by atoms with Crippen molar-refractivity contribution < 1.29 is 19.5 Å². The highest BCUT2D eigenvalue weighted by atomic mass is 32.1. The molecule has 0 radical (unpaired) electrons. The number of hydrogen-bond donors (Lipinski definition) is 0. The Hall–Kier alpha value is -4.27. The molecule has 0 saturated heterocycles. The van der Waals surface area contributed by atoms with E-state index in [1.54, 1.807) is 24.3 Å². The quantitative estimate of drug-likeness (QED) is 0.399. The molecule has 0 fully saturated rings. The number of nitrogens with zero attached hydrogens (tertiary/aromatic N) is 7. The van der Waals surface area contributed by atoms with Crippen LogP contribution < -0.4 is 9.54 Å². The molecule has 154 valence electrons. The third-order valence-corrected chi connectivity index (χ3v) is 4.47. The highest BCUT2D eigenvalue weighted by molar-refractivity contribution is 7.02. The maximum absolute atomic E-state index is 11.4. The van der Waals surface area contributed by atoms with Gasteiger partial charge in [0, 0.05) is 11.5 Å². The molecule has 3 aromatic rings. The van der Waals surface area contributed by atoms with Crippen LogP contribution in [0.1, 0.15) is 5.56 Å². The van der Waals surface area contributed by atoms with Gasteiger partial charge in [-0.1, -0.05) is 21.8 Å². The molecular formula is C15H11N7O7S. The van der Waals surface area contributed by atoms with E-state index in [9.17, 15) is 30.3 Å². The van der Waals surface area contributed by atoms with E-state index in [-0.39, 0.29) is 11.3 Å². The lowest BCUT2D eigenvalue weighted by Crippen LogP contribution is -2.17. The predicted molar refractivity (Wildman–Crippen MR) is 102 cm³/mol. The van der Waals surface area contributed by atoms with Gasteiger partial charge in [-0.25, -0.2) is 9.67 Å². The summed E-state index contributed by atoms with van der Waals surface area (Å²) in [6, 6.07) is 8.19. The lowest BCUT2D eigenvalue weighted by atomic mass is 10.2. The van der Waals surface area contributed by atoms with E-state index in [2.05, 4.69) is 14.7 Å². The summed E-state index contributed by atoms with van der Waals surface area (Å²) in [5, 5.41) is 37.6. The van der Waals surface area contributed by atoms with Crippen LogP contribution in [0.25, 0.3) is 0 Å². The van der Waals surface area contributed by atoms with Gasteiger partial charge in [0.15, 0.2) is 0 Å². The molecule has 0 saturated carbocycles. The lowest BCUT2D eigenvalue weighted by Gasteiger charge is -2.03. The van der Waals surface area contributed by atoms with Crippen molar-refractivity contribution in [2.24, 2.45) is 4.99 Å². The first-order chi connectivity index (χ1) is 14.3. The third kappa shape index (κ3) is 4.25. The number of non-ortho nitro benzene ring substituents is 1. The monoisotopic (exact) mass is 433 g/mol. The van der Waals surface area contributed by atoms with Crippen molar-refractivity contribution in [1.29, 1.82) is 0 Å². The molecule has 1 aromatic heterocycles. The second-order valence-electron chi connectivity index (χ2n) is 5.67. The molecule has 1 heterocycles. The van der Waals surface area contributed by atoms with E-state index in [0.717, 1.165) is 17.1 Å². The maximum atomic E-state index is 11.4. The summed E-state index contributed by atoms with van der Waals surface area (Å²) in [5.41, 5.74) is -2.40. The molecule has 14 nitrogen and oxygen atoms in total. The molecule has 15 heteroatoms. The van der Waals surface area contributed by atoms with Crippen molar-refractivity contribution in [2.45, 2.75) is 6.54 Å². The Morgan fingerprint density at radius 3 is 2.13 bits per heavy atom. The van der Waals surface area contributed by atoms with Crippen molar-refractivity contribution >= 4 is 34.3 Å². The Labute approximate surface area is 170 Å². The van der Waals surface area contributed by atoms with Gasteiger partial charge in [0.25, 0.3) is 5.69 Å². The zero-order chi connectivity index (χ0) is 21.8. The van der Waals surface area contributed by atoms with Gasteiger partial charge in [-0.2, -0.15) is 0 Å². The Bertz CT molecular complexity index is 1170. The zero-order valence-corrected chi connectivity index (χ0v) is 15.9. The van der Waals surface area contributed by atoms with Gasteiger partial charge in [0.1, 0.15) is 5.75 Å². The van der Waals surface area contributed by atoms with E-state index in [1.807, 2.05) is 0 Å². The van der Waals surface area contributed by atoms with Crippen LogP contribution in [0.3, 0.4) is 0 Å². The molecule has 0 unspecified atom stereocenters. The third-order valence-electron chi connectivity index (χ3n) is 3.85. The molecule has 0 spiro atoms. The van der Waals surface area contributed by atoms with Crippen molar-refractivity contribution in [2.75, 3.05) is 7.11 Å². The molecule has 0 amide bonds. The SMILES string of the molecule is COc1ccc(Cn2nnsc2=Nc2c([N+](=O)[O-])cc([N+](=O)[O-])cc2[N+](=O)[O-])cc1. The smallest absolute Gasteiger partial charge is 0.308 e. The van der Waals surface area contributed by atoms with Crippen LogP contribution in [-0.4, -0.2) is 36.3 Å². The number of ether oxygens (including phenoxy) is 1. The molecule has 30 heavy (non-hydrogen) atoms. The largest absolute Gasteiger partial charge is 0.497 e. The summed E-state index contributed by atoms with van der Waals surface area (Å²) in [6.07, 6.45) is 0. The van der Waals surface area contributed by atoms with E-state index < -0.39 is 37.5 Å². The van der Waals surface area contributed by atoms with E-state index >= 15 is 0 Å². The Kier molecular flexibility index (Phi) is 5.73. The summed E-state index contributed by atoms with van der Waals surface area (Å²) in [6.45, 7) is 0.175. The van der Waals surface area contributed by atoms with Crippen LogP contribution in [0.4, 0.5) is 22.7 Å². The van der Waals surface area contributed by atoms with Crippen LogP contribution in [-0.2, 0) is 6.54 Å². The Balaban J connectivity index is 2.13. The van der Waals surface area contributed by atoms with Gasteiger partial charge in [-0.3, -0.25) is 30.3 Å². The molecule has 2 aromatic carbocycles.